The number of aromatic nitrogens is 1. The molecule has 2 aromatic carbocycles. The van der Waals surface area contributed by atoms with Crippen LogP contribution in [0.25, 0.3) is 11.5 Å². The van der Waals surface area contributed by atoms with Gasteiger partial charge < -0.3 is 14.5 Å². The third kappa shape index (κ3) is 3.85. The summed E-state index contributed by atoms with van der Waals surface area (Å²) in [6, 6.07) is 10.7. The fourth-order valence-electron chi connectivity index (χ4n) is 2.53. The zero-order chi connectivity index (χ0) is 18.8. The summed E-state index contributed by atoms with van der Waals surface area (Å²) in [5.74, 6) is -0.309. The lowest BCUT2D eigenvalue weighted by Crippen LogP contribution is -2.19. The number of esters is 1. The molecule has 0 atom stereocenters. The summed E-state index contributed by atoms with van der Waals surface area (Å²) in [5, 5.41) is 2.73. The first-order valence-electron chi connectivity index (χ1n) is 8.03. The topological polar surface area (TPSA) is 81.4 Å². The number of carbonyl (C=O) groups excluding carboxylic acids is 2. The first-order valence-corrected chi connectivity index (χ1v) is 9.01. The van der Waals surface area contributed by atoms with Crippen LogP contribution in [0.5, 0.6) is 0 Å². The van der Waals surface area contributed by atoms with Crippen LogP contribution in [0.15, 0.2) is 58.0 Å². The Morgan fingerprint density at radius 3 is 2.89 bits per heavy atom. The highest BCUT2D eigenvalue weighted by molar-refractivity contribution is 8.00. The normalized spacial score (nSPS) is 13.0. The molecule has 1 aliphatic rings. The predicted octanol–water partition coefficient (Wildman–Crippen LogP) is 3.88. The summed E-state index contributed by atoms with van der Waals surface area (Å²) in [7, 11) is 0. The van der Waals surface area contributed by atoms with Crippen molar-refractivity contribution >= 4 is 29.3 Å². The van der Waals surface area contributed by atoms with Crippen LogP contribution in [-0.4, -0.2) is 22.6 Å². The summed E-state index contributed by atoms with van der Waals surface area (Å²) >= 11 is 1.42. The average molecular weight is 384 g/mol. The van der Waals surface area contributed by atoms with Crippen molar-refractivity contribution < 1.29 is 23.1 Å². The van der Waals surface area contributed by atoms with Crippen molar-refractivity contribution in [3.8, 4) is 11.5 Å². The van der Waals surface area contributed by atoms with Crippen molar-refractivity contribution in [2.45, 2.75) is 11.5 Å². The molecule has 2 heterocycles. The molecule has 0 fully saturated rings. The van der Waals surface area contributed by atoms with E-state index < -0.39 is 5.97 Å². The van der Waals surface area contributed by atoms with E-state index in [0.717, 1.165) is 4.90 Å². The molecule has 1 aromatic heterocycles. The second-order valence-corrected chi connectivity index (χ2v) is 6.79. The highest BCUT2D eigenvalue weighted by Gasteiger charge is 2.18. The second kappa shape index (κ2) is 7.24. The Hall–Kier alpha value is -3.13. The van der Waals surface area contributed by atoms with Gasteiger partial charge in [0, 0.05) is 10.5 Å². The van der Waals surface area contributed by atoms with Crippen molar-refractivity contribution in [3.05, 3.63) is 65.8 Å². The van der Waals surface area contributed by atoms with Crippen molar-refractivity contribution in [1.29, 1.82) is 0 Å². The van der Waals surface area contributed by atoms with E-state index in [1.165, 1.54) is 30.2 Å². The Morgan fingerprint density at radius 1 is 1.26 bits per heavy atom. The van der Waals surface area contributed by atoms with Crippen LogP contribution < -0.4 is 5.32 Å². The molecule has 0 spiro atoms. The predicted molar refractivity (Wildman–Crippen MR) is 96.8 cm³/mol. The number of ether oxygens (including phenoxy) is 1. The lowest BCUT2D eigenvalue weighted by molar-refractivity contribution is -0.113. The number of halogens is 1. The van der Waals surface area contributed by atoms with E-state index in [2.05, 4.69) is 10.3 Å². The van der Waals surface area contributed by atoms with Gasteiger partial charge >= 0.3 is 5.97 Å². The number of hydrogen-bond acceptors (Lipinski definition) is 6. The van der Waals surface area contributed by atoms with Gasteiger partial charge in [0.15, 0.2) is 0 Å². The lowest BCUT2D eigenvalue weighted by Gasteiger charge is -2.16. The summed E-state index contributed by atoms with van der Waals surface area (Å²) < 4.78 is 23.6. The number of benzene rings is 2. The molecule has 1 amide bonds. The highest BCUT2D eigenvalue weighted by Crippen LogP contribution is 2.32. The van der Waals surface area contributed by atoms with Crippen LogP contribution in [0.4, 0.5) is 10.1 Å². The van der Waals surface area contributed by atoms with E-state index in [0.29, 0.717) is 34.2 Å². The van der Waals surface area contributed by atoms with Gasteiger partial charge in [0.1, 0.15) is 24.4 Å². The molecule has 0 unspecified atom stereocenters. The Labute approximate surface area is 157 Å². The van der Waals surface area contributed by atoms with Crippen molar-refractivity contribution in [1.82, 2.24) is 4.98 Å². The molecule has 0 bridgehead atoms. The maximum Gasteiger partial charge on any atom is 0.338 e. The number of oxazole rings is 1. The fourth-order valence-corrected chi connectivity index (χ4v) is 3.32. The maximum atomic E-state index is 13.0. The molecular formula is C19H13FN2O4S. The number of hydrogen-bond donors (Lipinski definition) is 1. The van der Waals surface area contributed by atoms with E-state index in [1.807, 2.05) is 0 Å². The third-order valence-corrected chi connectivity index (χ3v) is 4.92. The van der Waals surface area contributed by atoms with Crippen LogP contribution >= 0.6 is 11.8 Å². The minimum Gasteiger partial charge on any atom is -0.455 e. The van der Waals surface area contributed by atoms with Gasteiger partial charge in [-0.3, -0.25) is 4.79 Å². The van der Waals surface area contributed by atoms with E-state index in [1.54, 1.807) is 30.3 Å². The Balaban J connectivity index is 1.42. The molecule has 8 heteroatoms. The number of carbonyl (C=O) groups is 2. The molecule has 3 aromatic rings. The largest absolute Gasteiger partial charge is 0.455 e. The zero-order valence-corrected chi connectivity index (χ0v) is 14.7. The SMILES string of the molecule is O=C1CSc2ccc(C(=O)OCc3coc(-c4ccc(F)cc4)n3)cc2N1. The molecule has 1 N–H and O–H groups in total. The van der Waals surface area contributed by atoms with E-state index in [9.17, 15) is 14.0 Å². The van der Waals surface area contributed by atoms with Crippen LogP contribution in [0.2, 0.25) is 0 Å². The van der Waals surface area contributed by atoms with E-state index in [4.69, 9.17) is 9.15 Å². The number of nitrogens with zero attached hydrogens (tertiary/aromatic N) is 1. The summed E-state index contributed by atoms with van der Waals surface area (Å²) in [6.07, 6.45) is 1.38. The maximum absolute atomic E-state index is 13.0. The number of thioether (sulfide) groups is 1. The van der Waals surface area contributed by atoms with E-state index in [-0.39, 0.29) is 18.3 Å². The second-order valence-electron chi connectivity index (χ2n) is 5.77. The number of amides is 1. The molecule has 0 saturated carbocycles. The number of fused-ring (bicyclic) bond motifs is 1. The molecule has 0 aliphatic carbocycles. The van der Waals surface area contributed by atoms with E-state index >= 15 is 0 Å². The molecular weight excluding hydrogens is 371 g/mol. The number of rotatable bonds is 4. The van der Waals surface area contributed by atoms with Gasteiger partial charge in [-0.2, -0.15) is 0 Å². The van der Waals surface area contributed by atoms with Crippen LogP contribution in [0.3, 0.4) is 0 Å². The molecule has 0 saturated heterocycles. The van der Waals surface area contributed by atoms with Gasteiger partial charge in [0.05, 0.1) is 17.0 Å². The first kappa shape index (κ1) is 17.3. The summed E-state index contributed by atoms with van der Waals surface area (Å²) in [5.41, 5.74) is 1.99. The fraction of sp³-hybridized carbons (Fsp3) is 0.105. The van der Waals surface area contributed by atoms with Gasteiger partial charge in [-0.25, -0.2) is 14.2 Å². The highest BCUT2D eigenvalue weighted by atomic mass is 32.2. The van der Waals surface area contributed by atoms with Crippen LogP contribution in [0, 0.1) is 5.82 Å². The molecule has 4 rings (SSSR count). The van der Waals surface area contributed by atoms with Gasteiger partial charge in [0.2, 0.25) is 11.8 Å². The van der Waals surface area contributed by atoms with Gasteiger partial charge in [-0.15, -0.1) is 11.8 Å². The van der Waals surface area contributed by atoms with Gasteiger partial charge in [0.25, 0.3) is 0 Å². The Morgan fingerprint density at radius 2 is 2.07 bits per heavy atom. The number of anilines is 1. The van der Waals surface area contributed by atoms with Gasteiger partial charge in [-0.05, 0) is 42.5 Å². The molecule has 6 nitrogen and oxygen atoms in total. The van der Waals surface area contributed by atoms with Crippen molar-refractivity contribution in [2.24, 2.45) is 0 Å². The van der Waals surface area contributed by atoms with Crippen molar-refractivity contribution in [3.63, 3.8) is 0 Å². The van der Waals surface area contributed by atoms with Crippen molar-refractivity contribution in [2.75, 3.05) is 11.1 Å². The standard InChI is InChI=1S/C19H13FN2O4S/c20-13-4-1-11(2-5-13)18-21-14(8-25-18)9-26-19(24)12-3-6-16-15(7-12)22-17(23)10-27-16/h1-8H,9-10H2,(H,22,23). The minimum absolute atomic E-state index is 0.0677. The average Bonchev–Trinajstić information content (AvgIpc) is 3.15. The zero-order valence-electron chi connectivity index (χ0n) is 13.9. The summed E-state index contributed by atoms with van der Waals surface area (Å²) in [6.45, 7) is -0.0677. The van der Waals surface area contributed by atoms with Gasteiger partial charge in [-0.1, -0.05) is 0 Å². The molecule has 27 heavy (non-hydrogen) atoms. The molecule has 136 valence electrons. The monoisotopic (exact) mass is 384 g/mol. The lowest BCUT2D eigenvalue weighted by atomic mass is 10.2. The minimum atomic E-state index is -0.533. The first-order chi connectivity index (χ1) is 13.1. The molecule has 0 radical (unpaired) electrons. The quantitative estimate of drug-likeness (QED) is 0.688. The van der Waals surface area contributed by atoms with Crippen LogP contribution in [0.1, 0.15) is 16.1 Å². The smallest absolute Gasteiger partial charge is 0.338 e. The van der Waals surface area contributed by atoms with Crippen LogP contribution in [-0.2, 0) is 16.1 Å². The Bertz CT molecular complexity index is 1020. The molecule has 1 aliphatic heterocycles. The Kier molecular flexibility index (Phi) is 4.64. The summed E-state index contributed by atoms with van der Waals surface area (Å²) in [4.78, 5) is 28.9. The number of nitrogens with one attached hydrogen (secondary N) is 1. The third-order valence-electron chi connectivity index (χ3n) is 3.84.